The van der Waals surface area contributed by atoms with Crippen molar-refractivity contribution < 1.29 is 33.5 Å². The predicted octanol–water partition coefficient (Wildman–Crippen LogP) is 5.98. The van der Waals surface area contributed by atoms with Crippen LogP contribution in [0, 0.1) is 46.3 Å². The number of aliphatic hydroxyl groups is 1. The number of aliphatic hydroxyl groups excluding tert-OH is 1. The van der Waals surface area contributed by atoms with Crippen molar-refractivity contribution in [2.24, 2.45) is 46.3 Å². The molecule has 0 aromatic heterocycles. The summed E-state index contributed by atoms with van der Waals surface area (Å²) in [5.74, 6) is 2.89. The molecule has 0 aromatic rings. The van der Waals surface area contributed by atoms with Crippen molar-refractivity contribution in [2.45, 2.75) is 148 Å². The van der Waals surface area contributed by atoms with E-state index in [1.807, 2.05) is 13.8 Å². The third-order valence-electron chi connectivity index (χ3n) is 13.9. The highest BCUT2D eigenvalue weighted by molar-refractivity contribution is 5.26. The summed E-state index contributed by atoms with van der Waals surface area (Å²) in [6, 6.07) is 0. The van der Waals surface area contributed by atoms with Crippen LogP contribution in [0.15, 0.2) is 11.6 Å². The average Bonchev–Trinajstić information content (AvgIpc) is 3.53. The summed E-state index contributed by atoms with van der Waals surface area (Å²) >= 11 is 0. The first-order valence-corrected chi connectivity index (χ1v) is 17.2. The Labute approximate surface area is 252 Å². The van der Waals surface area contributed by atoms with Crippen molar-refractivity contribution in [3.05, 3.63) is 11.6 Å². The second kappa shape index (κ2) is 9.73. The zero-order valence-corrected chi connectivity index (χ0v) is 26.7. The molecule has 0 bridgehead atoms. The molecule has 42 heavy (non-hydrogen) atoms. The van der Waals surface area contributed by atoms with Crippen molar-refractivity contribution in [2.75, 3.05) is 13.2 Å². The fourth-order valence-electron chi connectivity index (χ4n) is 11.8. The summed E-state index contributed by atoms with van der Waals surface area (Å²) in [6.45, 7) is 14.9. The lowest BCUT2D eigenvalue weighted by Gasteiger charge is -2.58. The second-order valence-corrected chi connectivity index (χ2v) is 16.6. The van der Waals surface area contributed by atoms with Crippen LogP contribution in [0.3, 0.4) is 0 Å². The molecule has 1 spiro atoms. The van der Waals surface area contributed by atoms with E-state index in [4.69, 9.17) is 28.4 Å². The van der Waals surface area contributed by atoms with E-state index in [-0.39, 0.29) is 23.4 Å². The second-order valence-electron chi connectivity index (χ2n) is 16.6. The third-order valence-corrected chi connectivity index (χ3v) is 13.9. The molecule has 7 nitrogen and oxygen atoms in total. The number of hydrogen-bond donors (Lipinski definition) is 1. The van der Waals surface area contributed by atoms with Crippen molar-refractivity contribution in [1.82, 2.24) is 0 Å². The fraction of sp³-hybridized carbons (Fsp3) is 0.943. The van der Waals surface area contributed by atoms with Gasteiger partial charge in [-0.15, -0.1) is 0 Å². The maximum atomic E-state index is 11.0. The smallest absolute Gasteiger partial charge is 0.186 e. The largest absolute Gasteiger partial charge is 0.385 e. The number of hydrogen-bond acceptors (Lipinski definition) is 7. The molecule has 4 aliphatic heterocycles. The molecule has 8 aliphatic rings. The van der Waals surface area contributed by atoms with Crippen LogP contribution in [0.5, 0.6) is 0 Å². The van der Waals surface area contributed by atoms with Crippen molar-refractivity contribution in [3.8, 4) is 0 Å². The molecule has 7 heteroatoms. The van der Waals surface area contributed by atoms with E-state index in [0.717, 1.165) is 50.0 Å². The van der Waals surface area contributed by atoms with Crippen LogP contribution < -0.4 is 0 Å². The fourth-order valence-corrected chi connectivity index (χ4v) is 11.8. The number of rotatable bonds is 2. The van der Waals surface area contributed by atoms with E-state index >= 15 is 0 Å². The van der Waals surface area contributed by atoms with E-state index in [1.54, 1.807) is 5.57 Å². The highest BCUT2D eigenvalue weighted by Gasteiger charge is 2.68. The molecule has 15 atom stereocenters. The summed E-state index contributed by atoms with van der Waals surface area (Å²) < 4.78 is 37.9. The Bertz CT molecular complexity index is 1100. The first-order valence-electron chi connectivity index (χ1n) is 17.2. The van der Waals surface area contributed by atoms with Crippen LogP contribution in [0.25, 0.3) is 0 Å². The van der Waals surface area contributed by atoms with E-state index in [0.29, 0.717) is 35.9 Å². The van der Waals surface area contributed by atoms with Gasteiger partial charge in [0.15, 0.2) is 17.9 Å². The highest BCUT2D eigenvalue weighted by Crippen LogP contribution is 2.70. The minimum Gasteiger partial charge on any atom is -0.385 e. The number of allylic oxidation sites excluding steroid dienone is 1. The third kappa shape index (κ3) is 4.16. The van der Waals surface area contributed by atoms with Gasteiger partial charge in [-0.25, -0.2) is 0 Å². The molecule has 7 fully saturated rings. The Morgan fingerprint density at radius 1 is 0.905 bits per heavy atom. The van der Waals surface area contributed by atoms with E-state index < -0.39 is 24.3 Å². The molecule has 1 N–H and O–H groups in total. The molecule has 8 rings (SSSR count). The molecular weight excluding hydrogens is 532 g/mol. The van der Waals surface area contributed by atoms with Crippen LogP contribution in [0.4, 0.5) is 0 Å². The van der Waals surface area contributed by atoms with Gasteiger partial charge in [0.05, 0.1) is 25.4 Å². The van der Waals surface area contributed by atoms with Crippen molar-refractivity contribution >= 4 is 0 Å². The molecule has 0 amide bonds. The first-order chi connectivity index (χ1) is 19.9. The van der Waals surface area contributed by atoms with Gasteiger partial charge in [0.25, 0.3) is 0 Å². The van der Waals surface area contributed by atoms with E-state index in [1.165, 1.54) is 32.1 Å². The molecular formula is C35H54O7. The van der Waals surface area contributed by atoms with Crippen LogP contribution >= 0.6 is 0 Å². The Hall–Kier alpha value is -0.540. The molecule has 0 aromatic carbocycles. The quantitative estimate of drug-likeness (QED) is 0.399. The highest BCUT2D eigenvalue weighted by atomic mass is 16.8. The van der Waals surface area contributed by atoms with Gasteiger partial charge in [-0.05, 0) is 106 Å². The Balaban J connectivity index is 0.955. The van der Waals surface area contributed by atoms with Gasteiger partial charge in [-0.1, -0.05) is 39.3 Å². The standard InChI is InChI=1S/C35H54O7/c1-19-9-14-35(38-17-19)20(2)28-26(41-35)16-25-23-8-7-21-15-22(10-12-33(21,5)24(23)11-13-34(25,28)6)39-31-29(36)30-27(18-37-31)40-32(3,4)42-30/h7,19-20,22-31,36H,8-18H2,1-6H3/t19-,20+,22+,23-,24+,25+,26+,27+,28+,29-,30+,31+,33+,34+,35-/m1/s1. The van der Waals surface area contributed by atoms with Gasteiger partial charge < -0.3 is 33.5 Å². The number of fused-ring (bicyclic) bond motifs is 8. The lowest BCUT2D eigenvalue weighted by Crippen LogP contribution is -2.54. The summed E-state index contributed by atoms with van der Waals surface area (Å²) in [6.07, 6.45) is 11.3. The monoisotopic (exact) mass is 586 g/mol. The lowest BCUT2D eigenvalue weighted by atomic mass is 9.47. The first kappa shape index (κ1) is 28.9. The summed E-state index contributed by atoms with van der Waals surface area (Å²) in [7, 11) is 0. The van der Waals surface area contributed by atoms with Crippen molar-refractivity contribution in [3.63, 3.8) is 0 Å². The van der Waals surface area contributed by atoms with Crippen molar-refractivity contribution in [1.29, 1.82) is 0 Å². The van der Waals surface area contributed by atoms with Crippen LogP contribution in [0.2, 0.25) is 0 Å². The zero-order chi connectivity index (χ0) is 29.2. The summed E-state index contributed by atoms with van der Waals surface area (Å²) in [5, 5.41) is 11.0. The maximum absolute atomic E-state index is 11.0. The van der Waals surface area contributed by atoms with Gasteiger partial charge in [0, 0.05) is 12.3 Å². The average molecular weight is 587 g/mol. The molecule has 0 unspecified atom stereocenters. The minimum absolute atomic E-state index is 0.0655. The lowest BCUT2D eigenvalue weighted by molar-refractivity contribution is -0.273. The van der Waals surface area contributed by atoms with Gasteiger partial charge >= 0.3 is 0 Å². The minimum atomic E-state index is -0.840. The molecule has 4 saturated heterocycles. The molecule has 0 radical (unpaired) electrons. The van der Waals surface area contributed by atoms with E-state index in [2.05, 4.69) is 33.8 Å². The van der Waals surface area contributed by atoms with Gasteiger partial charge in [0.2, 0.25) is 0 Å². The topological polar surface area (TPSA) is 75.6 Å². The Morgan fingerprint density at radius 2 is 1.74 bits per heavy atom. The predicted molar refractivity (Wildman–Crippen MR) is 156 cm³/mol. The molecule has 236 valence electrons. The van der Waals surface area contributed by atoms with Crippen LogP contribution in [-0.4, -0.2) is 66.7 Å². The SMILES string of the molecule is C[C@@H]1CC[C@@]2(OC1)O[C@H]1C[C@H]3[C@@H]4CC=C5C[C@@H](O[C@@H]6OC[C@@H]7OC(C)(C)O[C@@H]7[C@H]6O)CC[C@]5(C)[C@H]4CC[C@]3(C)[C@H]1[C@@H]2C. The van der Waals surface area contributed by atoms with Crippen LogP contribution in [0.1, 0.15) is 99.3 Å². The molecule has 4 aliphatic carbocycles. The molecule has 4 heterocycles. The van der Waals surface area contributed by atoms with Gasteiger partial charge in [0.1, 0.15) is 18.3 Å². The summed E-state index contributed by atoms with van der Waals surface area (Å²) in [5.41, 5.74) is 2.16. The van der Waals surface area contributed by atoms with E-state index in [9.17, 15) is 5.11 Å². The molecule has 3 saturated carbocycles. The number of ether oxygens (including phenoxy) is 6. The van der Waals surface area contributed by atoms with Crippen LogP contribution in [-0.2, 0) is 28.4 Å². The normalized spacial score (nSPS) is 58.0. The van der Waals surface area contributed by atoms with Gasteiger partial charge in [-0.3, -0.25) is 0 Å². The zero-order valence-electron chi connectivity index (χ0n) is 26.7. The summed E-state index contributed by atoms with van der Waals surface area (Å²) in [4.78, 5) is 0. The van der Waals surface area contributed by atoms with Gasteiger partial charge in [-0.2, -0.15) is 0 Å². The Morgan fingerprint density at radius 3 is 2.52 bits per heavy atom. The Kier molecular flexibility index (Phi) is 6.70. The maximum Gasteiger partial charge on any atom is 0.186 e.